The molecule has 3 heterocycles. The minimum Gasteiger partial charge on any atom is -0.330 e. The van der Waals surface area contributed by atoms with E-state index >= 15 is 0 Å². The molecule has 2 aromatic heterocycles. The van der Waals surface area contributed by atoms with Crippen LogP contribution in [0.4, 0.5) is 13.2 Å². The molecule has 3 aromatic rings. The van der Waals surface area contributed by atoms with E-state index in [1.54, 1.807) is 16.2 Å². The molecule has 4 rings (SSSR count). The van der Waals surface area contributed by atoms with Crippen molar-refractivity contribution in [3.63, 3.8) is 0 Å². The molecule has 5 nitrogen and oxygen atoms in total. The molecule has 1 aliphatic heterocycles. The van der Waals surface area contributed by atoms with E-state index in [1.807, 2.05) is 18.4 Å². The van der Waals surface area contributed by atoms with E-state index in [0.29, 0.717) is 13.0 Å². The van der Waals surface area contributed by atoms with Gasteiger partial charge in [-0.1, -0.05) is 12.1 Å². The Morgan fingerprint density at radius 3 is 2.70 bits per heavy atom. The first-order valence-corrected chi connectivity index (χ1v) is 10.2. The Morgan fingerprint density at radius 2 is 1.97 bits per heavy atom. The average molecular weight is 433 g/mol. The number of fused-ring (bicyclic) bond motifs is 1. The first-order valence-electron chi connectivity index (χ1n) is 9.33. The summed E-state index contributed by atoms with van der Waals surface area (Å²) in [6, 6.07) is 7.80. The van der Waals surface area contributed by atoms with E-state index in [1.165, 1.54) is 30.0 Å². The van der Waals surface area contributed by atoms with Crippen molar-refractivity contribution in [1.82, 2.24) is 14.7 Å². The van der Waals surface area contributed by atoms with E-state index in [-0.39, 0.29) is 23.1 Å². The molecule has 0 saturated carbocycles. The Bertz CT molecular complexity index is 1180. The number of thiophene rings is 1. The summed E-state index contributed by atoms with van der Waals surface area (Å²) in [5.41, 5.74) is -0.889. The second kappa shape index (κ2) is 7.39. The quantitative estimate of drug-likeness (QED) is 0.603. The number of alkyl halides is 3. The number of aromatic nitrogens is 2. The predicted octanol–water partition coefficient (Wildman–Crippen LogP) is 4.38. The molecule has 1 amide bonds. The van der Waals surface area contributed by atoms with Crippen LogP contribution < -0.4 is 5.43 Å². The topological polar surface area (TPSA) is 55.2 Å². The maximum absolute atomic E-state index is 13.5. The van der Waals surface area contributed by atoms with Crippen molar-refractivity contribution in [2.24, 2.45) is 0 Å². The Balaban J connectivity index is 1.79. The van der Waals surface area contributed by atoms with Gasteiger partial charge in [-0.2, -0.15) is 18.3 Å². The summed E-state index contributed by atoms with van der Waals surface area (Å²) in [6.07, 6.45) is -3.94. The monoisotopic (exact) mass is 433 g/mol. The third kappa shape index (κ3) is 3.43. The number of hydrogen-bond acceptors (Lipinski definition) is 4. The number of amides is 1. The van der Waals surface area contributed by atoms with Crippen molar-refractivity contribution < 1.29 is 18.0 Å². The number of nitrogens with zero attached hydrogens (tertiary/aromatic N) is 3. The summed E-state index contributed by atoms with van der Waals surface area (Å²) in [5, 5.41) is 6.04. The van der Waals surface area contributed by atoms with Crippen molar-refractivity contribution in [2.45, 2.75) is 32.5 Å². The number of benzene rings is 1. The summed E-state index contributed by atoms with van der Waals surface area (Å²) in [5.74, 6) is -0.581. The maximum atomic E-state index is 13.5. The minimum atomic E-state index is -4.60. The molecule has 0 N–H and O–H groups in total. The lowest BCUT2D eigenvalue weighted by molar-refractivity contribution is -0.137. The van der Waals surface area contributed by atoms with Gasteiger partial charge in [-0.15, -0.1) is 11.3 Å². The Kier molecular flexibility index (Phi) is 5.01. The van der Waals surface area contributed by atoms with Crippen LogP contribution in [0.2, 0.25) is 0 Å². The highest BCUT2D eigenvalue weighted by Gasteiger charge is 2.35. The van der Waals surface area contributed by atoms with Crippen molar-refractivity contribution in [1.29, 1.82) is 0 Å². The van der Waals surface area contributed by atoms with Crippen LogP contribution in [-0.4, -0.2) is 27.1 Å². The predicted molar refractivity (Wildman–Crippen MR) is 107 cm³/mol. The molecule has 30 heavy (non-hydrogen) atoms. The van der Waals surface area contributed by atoms with Crippen LogP contribution in [0.3, 0.4) is 0 Å². The normalized spacial score (nSPS) is 16.4. The van der Waals surface area contributed by atoms with Gasteiger partial charge in [0, 0.05) is 23.2 Å². The lowest BCUT2D eigenvalue weighted by Crippen LogP contribution is -2.41. The first kappa shape index (κ1) is 20.3. The maximum Gasteiger partial charge on any atom is 0.418 e. The Labute approximate surface area is 174 Å². The lowest BCUT2D eigenvalue weighted by Gasteiger charge is -2.33. The zero-order valence-corrected chi connectivity index (χ0v) is 17.0. The summed E-state index contributed by atoms with van der Waals surface area (Å²) < 4.78 is 41.5. The van der Waals surface area contributed by atoms with Gasteiger partial charge in [0.15, 0.2) is 5.69 Å². The van der Waals surface area contributed by atoms with Crippen LogP contribution in [0.25, 0.3) is 5.69 Å². The molecule has 0 radical (unpaired) electrons. The SMILES string of the molecule is Cc1cc(=O)c(C(=O)N2CCc3sccc3C2C)nn1-c1ccccc1C(F)(F)F. The van der Waals surface area contributed by atoms with Crippen LogP contribution in [0.15, 0.2) is 46.6 Å². The Hall–Kier alpha value is -2.94. The van der Waals surface area contributed by atoms with Crippen LogP contribution >= 0.6 is 11.3 Å². The molecule has 1 aliphatic rings. The number of aryl methyl sites for hydroxylation is 1. The van der Waals surface area contributed by atoms with Gasteiger partial charge >= 0.3 is 6.18 Å². The molecule has 0 fully saturated rings. The van der Waals surface area contributed by atoms with Gasteiger partial charge in [0.2, 0.25) is 5.43 Å². The smallest absolute Gasteiger partial charge is 0.330 e. The molecule has 1 aromatic carbocycles. The molecule has 156 valence electrons. The van der Waals surface area contributed by atoms with Gasteiger partial charge in [-0.3, -0.25) is 9.59 Å². The summed E-state index contributed by atoms with van der Waals surface area (Å²) in [4.78, 5) is 28.5. The van der Waals surface area contributed by atoms with E-state index in [0.717, 1.165) is 22.4 Å². The number of carbonyl (C=O) groups excluding carboxylic acids is 1. The van der Waals surface area contributed by atoms with Crippen molar-refractivity contribution in [3.8, 4) is 5.69 Å². The molecule has 0 spiro atoms. The largest absolute Gasteiger partial charge is 0.418 e. The molecule has 0 saturated heterocycles. The second-order valence-corrected chi connectivity index (χ2v) is 8.15. The molecule has 1 atom stereocenters. The number of carbonyl (C=O) groups is 1. The van der Waals surface area contributed by atoms with Gasteiger partial charge in [-0.25, -0.2) is 4.68 Å². The molecule has 1 unspecified atom stereocenters. The highest BCUT2D eigenvalue weighted by molar-refractivity contribution is 7.10. The molecule has 9 heteroatoms. The standard InChI is InChI=1S/C21H18F3N3O2S/c1-12-11-17(28)19(20(29)26-9-7-18-14(13(26)2)8-10-30-18)25-27(12)16-6-4-3-5-15(16)21(22,23)24/h3-6,8,10-11,13H,7,9H2,1-2H3. The number of hydrogen-bond donors (Lipinski definition) is 0. The second-order valence-electron chi connectivity index (χ2n) is 7.15. The van der Waals surface area contributed by atoms with Gasteiger partial charge in [0.1, 0.15) is 0 Å². The molecule has 0 aliphatic carbocycles. The van der Waals surface area contributed by atoms with Crippen LogP contribution in [0.1, 0.15) is 45.2 Å². The number of halogens is 3. The van der Waals surface area contributed by atoms with Crippen LogP contribution in [-0.2, 0) is 12.6 Å². The van der Waals surface area contributed by atoms with Crippen molar-refractivity contribution in [2.75, 3.05) is 6.54 Å². The summed E-state index contributed by atoms with van der Waals surface area (Å²) >= 11 is 1.62. The first-order chi connectivity index (χ1) is 14.2. The zero-order chi connectivity index (χ0) is 21.6. The van der Waals surface area contributed by atoms with Crippen LogP contribution in [0, 0.1) is 6.92 Å². The fraction of sp³-hybridized carbons (Fsp3) is 0.286. The highest BCUT2D eigenvalue weighted by atomic mass is 32.1. The van der Waals surface area contributed by atoms with Gasteiger partial charge in [0.25, 0.3) is 5.91 Å². The van der Waals surface area contributed by atoms with E-state index < -0.39 is 23.1 Å². The average Bonchev–Trinajstić information content (AvgIpc) is 3.17. The molecule has 0 bridgehead atoms. The van der Waals surface area contributed by atoms with Gasteiger partial charge < -0.3 is 4.90 Å². The lowest BCUT2D eigenvalue weighted by atomic mass is 10.0. The fourth-order valence-electron chi connectivity index (χ4n) is 3.76. The van der Waals surface area contributed by atoms with Crippen LogP contribution in [0.5, 0.6) is 0 Å². The fourth-order valence-corrected chi connectivity index (χ4v) is 4.72. The van der Waals surface area contributed by atoms with Crippen molar-refractivity contribution >= 4 is 17.2 Å². The van der Waals surface area contributed by atoms with E-state index in [9.17, 15) is 22.8 Å². The highest BCUT2D eigenvalue weighted by Crippen LogP contribution is 2.35. The van der Waals surface area contributed by atoms with Crippen molar-refractivity contribution in [3.05, 3.63) is 79.4 Å². The van der Waals surface area contributed by atoms with Gasteiger partial charge in [-0.05, 0) is 49.4 Å². The molecular weight excluding hydrogens is 415 g/mol. The minimum absolute atomic E-state index is 0.208. The van der Waals surface area contributed by atoms with E-state index in [4.69, 9.17) is 0 Å². The third-order valence-electron chi connectivity index (χ3n) is 5.29. The van der Waals surface area contributed by atoms with E-state index in [2.05, 4.69) is 5.10 Å². The Morgan fingerprint density at radius 1 is 1.23 bits per heavy atom. The number of rotatable bonds is 2. The third-order valence-corrected chi connectivity index (χ3v) is 6.28. The summed E-state index contributed by atoms with van der Waals surface area (Å²) in [7, 11) is 0. The molecular formula is C21H18F3N3O2S. The number of para-hydroxylation sites is 1. The zero-order valence-electron chi connectivity index (χ0n) is 16.2. The summed E-state index contributed by atoms with van der Waals surface area (Å²) in [6.45, 7) is 3.77. The van der Waals surface area contributed by atoms with Gasteiger partial charge in [0.05, 0.1) is 17.3 Å².